The molecule has 0 bridgehead atoms. The normalized spacial score (nSPS) is 25.8. The van der Waals surface area contributed by atoms with Gasteiger partial charge in [-0.05, 0) is 38.0 Å². The lowest BCUT2D eigenvalue weighted by molar-refractivity contribution is -0.142. The Hall–Kier alpha value is -2.17. The van der Waals surface area contributed by atoms with Crippen molar-refractivity contribution in [3.05, 3.63) is 18.2 Å². The average molecular weight is 409 g/mol. The predicted octanol–water partition coefficient (Wildman–Crippen LogP) is 0.418. The molecule has 9 nitrogen and oxygen atoms in total. The molecule has 1 N–H and O–H groups in total. The quantitative estimate of drug-likeness (QED) is 0.776. The average Bonchev–Trinajstić information content (AvgIpc) is 3.23. The summed E-state index contributed by atoms with van der Waals surface area (Å²) in [4.78, 5) is 26.0. The molecule has 152 valence electrons. The summed E-state index contributed by atoms with van der Waals surface area (Å²) in [6, 6.07) is 4.44. The lowest BCUT2D eigenvalue weighted by atomic mass is 10.2. The van der Waals surface area contributed by atoms with E-state index in [-0.39, 0.29) is 29.8 Å². The Balaban J connectivity index is 1.45. The van der Waals surface area contributed by atoms with Crippen LogP contribution in [0.5, 0.6) is 5.75 Å². The number of nitrogens with one attached hydrogen (secondary N) is 1. The van der Waals surface area contributed by atoms with Crippen LogP contribution in [0.15, 0.2) is 23.1 Å². The van der Waals surface area contributed by atoms with Gasteiger partial charge >= 0.3 is 0 Å². The van der Waals surface area contributed by atoms with Gasteiger partial charge in [-0.15, -0.1) is 0 Å². The van der Waals surface area contributed by atoms with Gasteiger partial charge in [-0.3, -0.25) is 9.59 Å². The molecule has 10 heteroatoms. The topological polar surface area (TPSA) is 105 Å². The van der Waals surface area contributed by atoms with Crippen molar-refractivity contribution in [3.8, 4) is 5.75 Å². The number of hydrogen-bond donors (Lipinski definition) is 1. The maximum absolute atomic E-state index is 13.0. The predicted molar refractivity (Wildman–Crippen MR) is 99.5 cm³/mol. The molecule has 2 unspecified atom stereocenters. The third kappa shape index (κ3) is 3.47. The van der Waals surface area contributed by atoms with Gasteiger partial charge in [-0.25, -0.2) is 8.42 Å². The van der Waals surface area contributed by atoms with E-state index in [0.29, 0.717) is 31.1 Å². The van der Waals surface area contributed by atoms with Crippen LogP contribution >= 0.6 is 0 Å². The number of sulfonamides is 1. The molecule has 3 aliphatic heterocycles. The van der Waals surface area contributed by atoms with Gasteiger partial charge in [0.05, 0.1) is 10.6 Å². The molecule has 2 saturated heterocycles. The Morgan fingerprint density at radius 1 is 1.21 bits per heavy atom. The van der Waals surface area contributed by atoms with Gasteiger partial charge in [-0.1, -0.05) is 0 Å². The zero-order chi connectivity index (χ0) is 19.9. The summed E-state index contributed by atoms with van der Waals surface area (Å²) < 4.78 is 38.3. The SMILES string of the molecule is CC1Oc2ccc(S(=O)(=O)N3CCN(C(=O)C4CCCO4)CC3)cc2NC1=O. The summed E-state index contributed by atoms with van der Waals surface area (Å²) in [5, 5.41) is 2.66. The number of carbonyl (C=O) groups is 2. The highest BCUT2D eigenvalue weighted by Crippen LogP contribution is 2.33. The monoisotopic (exact) mass is 409 g/mol. The van der Waals surface area contributed by atoms with Crippen LogP contribution in [0.1, 0.15) is 19.8 Å². The van der Waals surface area contributed by atoms with Crippen molar-refractivity contribution in [1.29, 1.82) is 0 Å². The molecule has 0 spiro atoms. The standard InChI is InChI=1S/C18H23N3O6S/c1-12-17(22)19-14-11-13(4-5-15(14)27-12)28(24,25)21-8-6-20(7-9-21)18(23)16-3-2-10-26-16/h4-5,11-12,16H,2-3,6-10H2,1H3,(H,19,22). The number of benzene rings is 1. The van der Waals surface area contributed by atoms with Gasteiger partial charge in [0.1, 0.15) is 11.9 Å². The van der Waals surface area contributed by atoms with Crippen LogP contribution in [-0.4, -0.2) is 74.4 Å². The van der Waals surface area contributed by atoms with E-state index in [1.807, 2.05) is 0 Å². The molecule has 0 aromatic heterocycles. The van der Waals surface area contributed by atoms with Gasteiger partial charge in [0.25, 0.3) is 11.8 Å². The molecule has 4 rings (SSSR count). The van der Waals surface area contributed by atoms with Crippen molar-refractivity contribution in [2.75, 3.05) is 38.1 Å². The first-order valence-corrected chi connectivity index (χ1v) is 10.8. The summed E-state index contributed by atoms with van der Waals surface area (Å²) in [6.45, 7) is 3.33. The zero-order valence-corrected chi connectivity index (χ0v) is 16.4. The van der Waals surface area contributed by atoms with Crippen molar-refractivity contribution >= 4 is 27.5 Å². The zero-order valence-electron chi connectivity index (χ0n) is 15.6. The van der Waals surface area contributed by atoms with Crippen LogP contribution in [0.2, 0.25) is 0 Å². The second-order valence-corrected chi connectivity index (χ2v) is 9.08. The van der Waals surface area contributed by atoms with Crippen LogP contribution in [0.25, 0.3) is 0 Å². The Bertz CT molecular complexity index is 889. The molecule has 0 saturated carbocycles. The van der Waals surface area contributed by atoms with Crippen LogP contribution in [0.3, 0.4) is 0 Å². The minimum atomic E-state index is -3.74. The van der Waals surface area contributed by atoms with E-state index in [4.69, 9.17) is 9.47 Å². The Labute approximate surface area is 163 Å². The Morgan fingerprint density at radius 3 is 2.64 bits per heavy atom. The highest BCUT2D eigenvalue weighted by molar-refractivity contribution is 7.89. The number of rotatable bonds is 3. The first-order chi connectivity index (χ1) is 13.4. The molecule has 2 atom stereocenters. The van der Waals surface area contributed by atoms with Gasteiger partial charge < -0.3 is 19.7 Å². The summed E-state index contributed by atoms with van der Waals surface area (Å²) in [5.41, 5.74) is 0.344. The van der Waals surface area contributed by atoms with Crippen molar-refractivity contribution < 1.29 is 27.5 Å². The highest BCUT2D eigenvalue weighted by Gasteiger charge is 2.34. The molecule has 3 heterocycles. The summed E-state index contributed by atoms with van der Waals surface area (Å²) in [7, 11) is -3.74. The first-order valence-electron chi connectivity index (χ1n) is 9.38. The number of anilines is 1. The fourth-order valence-electron chi connectivity index (χ4n) is 3.62. The fraction of sp³-hybridized carbons (Fsp3) is 0.556. The number of fused-ring (bicyclic) bond motifs is 1. The first kappa shape index (κ1) is 19.2. The van der Waals surface area contributed by atoms with E-state index in [1.54, 1.807) is 17.9 Å². The summed E-state index contributed by atoms with van der Waals surface area (Å²) in [6.07, 6.45) is 0.584. The summed E-state index contributed by atoms with van der Waals surface area (Å²) in [5.74, 6) is 0.0682. The van der Waals surface area contributed by atoms with E-state index >= 15 is 0 Å². The van der Waals surface area contributed by atoms with E-state index in [9.17, 15) is 18.0 Å². The molecule has 1 aromatic rings. The molecule has 0 radical (unpaired) electrons. The number of ether oxygens (including phenoxy) is 2. The molecule has 28 heavy (non-hydrogen) atoms. The van der Waals surface area contributed by atoms with Gasteiger partial charge in [0.15, 0.2) is 6.10 Å². The van der Waals surface area contributed by atoms with Crippen LogP contribution < -0.4 is 10.1 Å². The maximum atomic E-state index is 13.0. The van der Waals surface area contributed by atoms with Crippen molar-refractivity contribution in [1.82, 2.24) is 9.21 Å². The van der Waals surface area contributed by atoms with Crippen molar-refractivity contribution in [3.63, 3.8) is 0 Å². The van der Waals surface area contributed by atoms with Gasteiger partial charge in [-0.2, -0.15) is 4.31 Å². The molecule has 3 aliphatic rings. The Morgan fingerprint density at radius 2 is 1.96 bits per heavy atom. The summed E-state index contributed by atoms with van der Waals surface area (Å²) >= 11 is 0. The van der Waals surface area contributed by atoms with Gasteiger partial charge in [0, 0.05) is 32.8 Å². The second-order valence-electron chi connectivity index (χ2n) is 7.14. The van der Waals surface area contributed by atoms with E-state index < -0.39 is 22.2 Å². The number of nitrogens with zero attached hydrogens (tertiary/aromatic N) is 2. The van der Waals surface area contributed by atoms with Crippen LogP contribution in [0, 0.1) is 0 Å². The van der Waals surface area contributed by atoms with Crippen molar-refractivity contribution in [2.45, 2.75) is 36.9 Å². The lowest BCUT2D eigenvalue weighted by Gasteiger charge is -2.35. The number of hydrogen-bond acceptors (Lipinski definition) is 6. The molecule has 1 aromatic carbocycles. The smallest absolute Gasteiger partial charge is 0.265 e. The fourth-order valence-corrected chi connectivity index (χ4v) is 5.07. The van der Waals surface area contributed by atoms with Crippen LogP contribution in [0.4, 0.5) is 5.69 Å². The molecule has 2 fully saturated rings. The molecule has 2 amide bonds. The third-order valence-corrected chi connectivity index (χ3v) is 7.17. The highest BCUT2D eigenvalue weighted by atomic mass is 32.2. The molecule has 0 aliphatic carbocycles. The lowest BCUT2D eigenvalue weighted by Crippen LogP contribution is -2.52. The number of piperazine rings is 1. The van der Waals surface area contributed by atoms with Gasteiger partial charge in [0.2, 0.25) is 10.0 Å². The van der Waals surface area contributed by atoms with Crippen molar-refractivity contribution in [2.24, 2.45) is 0 Å². The minimum Gasteiger partial charge on any atom is -0.479 e. The molecular weight excluding hydrogens is 386 g/mol. The van der Waals surface area contributed by atoms with E-state index in [0.717, 1.165) is 12.8 Å². The minimum absolute atomic E-state index is 0.0580. The third-order valence-electron chi connectivity index (χ3n) is 5.28. The number of amides is 2. The second kappa shape index (κ2) is 7.34. The largest absolute Gasteiger partial charge is 0.479 e. The maximum Gasteiger partial charge on any atom is 0.265 e. The van der Waals surface area contributed by atoms with Crippen LogP contribution in [-0.2, 0) is 24.3 Å². The number of carbonyl (C=O) groups excluding carboxylic acids is 2. The van der Waals surface area contributed by atoms with E-state index in [1.165, 1.54) is 16.4 Å². The molecular formula is C18H23N3O6S. The van der Waals surface area contributed by atoms with E-state index in [2.05, 4.69) is 5.32 Å². The Kier molecular flexibility index (Phi) is 5.02.